The highest BCUT2D eigenvalue weighted by atomic mass is 35.5. The number of carbonyl (C=O) groups is 2. The predicted molar refractivity (Wildman–Crippen MR) is 144 cm³/mol. The Morgan fingerprint density at radius 3 is 2.41 bits per heavy atom. The lowest BCUT2D eigenvalue weighted by atomic mass is 9.95. The van der Waals surface area contributed by atoms with Gasteiger partial charge in [0.15, 0.2) is 5.82 Å². The second-order valence-corrected chi connectivity index (χ2v) is 11.2. The quantitative estimate of drug-likeness (QED) is 0.464. The molecule has 1 N–H and O–H groups in total. The zero-order valence-corrected chi connectivity index (χ0v) is 22.9. The van der Waals surface area contributed by atoms with Gasteiger partial charge in [0.25, 0.3) is 5.91 Å². The van der Waals surface area contributed by atoms with E-state index >= 15 is 4.39 Å². The Bertz CT molecular complexity index is 1480. The van der Waals surface area contributed by atoms with Gasteiger partial charge in [0.1, 0.15) is 22.7 Å². The van der Waals surface area contributed by atoms with Crippen molar-refractivity contribution in [2.45, 2.75) is 32.8 Å². The minimum absolute atomic E-state index is 0.0715. The van der Waals surface area contributed by atoms with Gasteiger partial charge < -0.3 is 24.5 Å². The fourth-order valence-electron chi connectivity index (χ4n) is 5.09. The number of ether oxygens (including phenoxy) is 1. The van der Waals surface area contributed by atoms with E-state index in [2.05, 4.69) is 4.98 Å². The minimum Gasteiger partial charge on any atom is -0.507 e. The first-order chi connectivity index (χ1) is 18.4. The van der Waals surface area contributed by atoms with Gasteiger partial charge >= 0.3 is 6.09 Å². The summed E-state index contributed by atoms with van der Waals surface area (Å²) in [7, 11) is 1.69. The van der Waals surface area contributed by atoms with Crippen LogP contribution < -0.4 is 4.90 Å². The van der Waals surface area contributed by atoms with Crippen molar-refractivity contribution in [3.8, 4) is 16.9 Å². The van der Waals surface area contributed by atoms with Gasteiger partial charge in [-0.05, 0) is 39.0 Å². The summed E-state index contributed by atoms with van der Waals surface area (Å²) in [6.07, 6.45) is -0.0243. The molecule has 3 heterocycles. The third-order valence-electron chi connectivity index (χ3n) is 6.95. The molecule has 0 atom stereocenters. The molecular weight excluding hydrogens is 530 g/mol. The lowest BCUT2D eigenvalue weighted by Crippen LogP contribution is -2.51. The highest BCUT2D eigenvalue weighted by Crippen LogP contribution is 2.44. The van der Waals surface area contributed by atoms with Crippen LogP contribution in [-0.2, 0) is 11.2 Å². The van der Waals surface area contributed by atoms with Crippen molar-refractivity contribution >= 4 is 40.2 Å². The summed E-state index contributed by atoms with van der Waals surface area (Å²) in [4.78, 5) is 35.6. The van der Waals surface area contributed by atoms with E-state index < -0.39 is 29.1 Å². The molecule has 0 spiro atoms. The number of hydrogen-bond acceptors (Lipinski definition) is 6. The number of likely N-dealkylation sites (N-methyl/N-ethyl adjacent to an activating group) is 1. The Balaban J connectivity index is 1.65. The Kier molecular flexibility index (Phi) is 6.78. The maximum absolute atomic E-state index is 16.2. The van der Waals surface area contributed by atoms with Crippen LogP contribution in [0.4, 0.5) is 19.3 Å². The van der Waals surface area contributed by atoms with E-state index in [1.165, 1.54) is 18.2 Å². The number of pyridine rings is 1. The molecule has 0 radical (unpaired) electrons. The van der Waals surface area contributed by atoms with E-state index in [9.17, 15) is 19.1 Å². The third-order valence-corrected chi connectivity index (χ3v) is 7.25. The number of hydrogen-bond donors (Lipinski definition) is 1. The fraction of sp³-hybridized carbons (Fsp3) is 0.393. The number of phenols is 1. The van der Waals surface area contributed by atoms with Crippen LogP contribution in [0.3, 0.4) is 0 Å². The first-order valence-corrected chi connectivity index (χ1v) is 13.1. The van der Waals surface area contributed by atoms with Crippen LogP contribution in [0.2, 0.25) is 5.02 Å². The lowest BCUT2D eigenvalue weighted by Gasteiger charge is -2.39. The van der Waals surface area contributed by atoms with Crippen LogP contribution in [0.5, 0.6) is 5.75 Å². The van der Waals surface area contributed by atoms with E-state index in [0.717, 1.165) is 6.07 Å². The van der Waals surface area contributed by atoms with E-state index in [1.807, 2.05) is 4.90 Å². The van der Waals surface area contributed by atoms with Crippen LogP contribution in [-0.4, -0.2) is 77.3 Å². The number of carbonyl (C=O) groups excluding carboxylic acids is 2. The van der Waals surface area contributed by atoms with Gasteiger partial charge in [-0.15, -0.1) is 0 Å². The summed E-state index contributed by atoms with van der Waals surface area (Å²) < 4.78 is 36.4. The summed E-state index contributed by atoms with van der Waals surface area (Å²) in [6, 6.07) is 5.14. The van der Waals surface area contributed by atoms with E-state index in [1.54, 1.807) is 37.6 Å². The van der Waals surface area contributed by atoms with Crippen molar-refractivity contribution in [2.24, 2.45) is 0 Å². The zero-order valence-electron chi connectivity index (χ0n) is 22.1. The van der Waals surface area contributed by atoms with Crippen molar-refractivity contribution in [2.75, 3.05) is 44.7 Å². The molecule has 3 aromatic rings. The maximum atomic E-state index is 16.2. The predicted octanol–water partition coefficient (Wildman–Crippen LogP) is 5.22. The maximum Gasteiger partial charge on any atom is 0.410 e. The van der Waals surface area contributed by atoms with Gasteiger partial charge in [-0.2, -0.15) is 0 Å². The standard InChI is InChI=1S/C28H29ClF2N4O4/c1-28(2,3)39-27(38)35-12-10-34(11-13-35)25-15-14-16(29)20(21-17(30)6-5-7-19(21)36)23(31)24(15)32-18-8-9-33(4)26(37)22(18)25/h5-7,14,36H,8-13H2,1-4H3. The second kappa shape index (κ2) is 9.82. The normalized spacial score (nSPS) is 16.1. The molecule has 1 fully saturated rings. The number of nitrogens with zero attached hydrogens (tertiary/aromatic N) is 4. The van der Waals surface area contributed by atoms with Crippen LogP contribution in [0.25, 0.3) is 22.0 Å². The summed E-state index contributed by atoms with van der Waals surface area (Å²) in [6.45, 7) is 7.18. The van der Waals surface area contributed by atoms with Gasteiger partial charge in [0.05, 0.1) is 27.5 Å². The number of phenolic OH excluding ortho intramolecular Hbond substituents is 1. The first kappa shape index (κ1) is 26.9. The van der Waals surface area contributed by atoms with Crippen LogP contribution in [0, 0.1) is 11.6 Å². The molecule has 2 amide bonds. The number of aromatic hydroxyl groups is 1. The molecule has 8 nitrogen and oxygen atoms in total. The average molecular weight is 559 g/mol. The number of aromatic nitrogens is 1. The van der Waals surface area contributed by atoms with Crippen molar-refractivity contribution < 1.29 is 28.2 Å². The molecule has 0 saturated carbocycles. The number of halogens is 3. The average Bonchev–Trinajstić information content (AvgIpc) is 2.86. The van der Waals surface area contributed by atoms with Crippen molar-refractivity contribution in [3.63, 3.8) is 0 Å². The molecule has 5 rings (SSSR count). The number of amides is 2. The molecule has 2 aliphatic heterocycles. The summed E-state index contributed by atoms with van der Waals surface area (Å²) >= 11 is 6.54. The van der Waals surface area contributed by atoms with Gasteiger partial charge in [-0.25, -0.2) is 18.6 Å². The Morgan fingerprint density at radius 2 is 1.77 bits per heavy atom. The Morgan fingerprint density at radius 1 is 1.08 bits per heavy atom. The van der Waals surface area contributed by atoms with Crippen molar-refractivity contribution in [3.05, 3.63) is 52.2 Å². The molecule has 0 bridgehead atoms. The van der Waals surface area contributed by atoms with Gasteiger partial charge in [0.2, 0.25) is 0 Å². The second-order valence-electron chi connectivity index (χ2n) is 10.8. The van der Waals surface area contributed by atoms with Crippen LogP contribution >= 0.6 is 11.6 Å². The SMILES string of the molecule is CN1CCc2nc3c(F)c(-c4c(O)cccc4F)c(Cl)cc3c(N3CCN(C(=O)OC(C)(C)C)CC3)c2C1=O. The molecule has 206 valence electrons. The molecule has 2 aliphatic rings. The van der Waals surface area contributed by atoms with Crippen molar-refractivity contribution in [1.82, 2.24) is 14.8 Å². The summed E-state index contributed by atoms with van der Waals surface area (Å²) in [5, 5.41) is 10.5. The molecule has 11 heteroatoms. The van der Waals surface area contributed by atoms with Crippen molar-refractivity contribution in [1.29, 1.82) is 0 Å². The number of benzene rings is 2. The molecule has 0 unspecified atom stereocenters. The Hall–Kier alpha value is -3.66. The molecular formula is C28H29ClF2N4O4. The highest BCUT2D eigenvalue weighted by Gasteiger charge is 2.34. The number of fused-ring (bicyclic) bond motifs is 2. The smallest absolute Gasteiger partial charge is 0.410 e. The van der Waals surface area contributed by atoms with Crippen LogP contribution in [0.15, 0.2) is 24.3 Å². The molecule has 1 saturated heterocycles. The molecule has 2 aromatic carbocycles. The number of rotatable bonds is 2. The van der Waals surface area contributed by atoms with E-state index in [0.29, 0.717) is 61.5 Å². The highest BCUT2D eigenvalue weighted by molar-refractivity contribution is 6.34. The topological polar surface area (TPSA) is 86.2 Å². The summed E-state index contributed by atoms with van der Waals surface area (Å²) in [5.41, 5.74) is -0.0984. The molecule has 1 aromatic heterocycles. The minimum atomic E-state index is -0.888. The number of piperazine rings is 1. The largest absolute Gasteiger partial charge is 0.507 e. The fourth-order valence-corrected chi connectivity index (χ4v) is 5.38. The van der Waals surface area contributed by atoms with Crippen LogP contribution in [0.1, 0.15) is 36.8 Å². The Labute approximate surface area is 229 Å². The zero-order chi connectivity index (χ0) is 28.2. The first-order valence-electron chi connectivity index (χ1n) is 12.7. The van der Waals surface area contributed by atoms with Gasteiger partial charge in [-0.1, -0.05) is 17.7 Å². The number of anilines is 1. The lowest BCUT2D eigenvalue weighted by molar-refractivity contribution is 0.0240. The van der Waals surface area contributed by atoms with E-state index in [4.69, 9.17) is 16.3 Å². The third kappa shape index (κ3) is 4.82. The summed E-state index contributed by atoms with van der Waals surface area (Å²) in [5.74, 6) is -2.42. The van der Waals surface area contributed by atoms with Gasteiger partial charge in [0, 0.05) is 57.1 Å². The monoisotopic (exact) mass is 558 g/mol. The van der Waals surface area contributed by atoms with Gasteiger partial charge in [-0.3, -0.25) is 4.79 Å². The van der Waals surface area contributed by atoms with E-state index in [-0.39, 0.29) is 27.6 Å². The molecule has 39 heavy (non-hydrogen) atoms. The molecule has 0 aliphatic carbocycles.